The van der Waals surface area contributed by atoms with Gasteiger partial charge in [-0.2, -0.15) is 0 Å². The van der Waals surface area contributed by atoms with Crippen LogP contribution in [-0.2, 0) is 4.79 Å². The highest BCUT2D eigenvalue weighted by Gasteiger charge is 2.21. The van der Waals surface area contributed by atoms with Crippen LogP contribution in [0.5, 0.6) is 0 Å². The monoisotopic (exact) mass is 239 g/mol. The molecule has 2 fully saturated rings. The Kier molecular flexibility index (Phi) is 4.80. The molecule has 17 heavy (non-hydrogen) atoms. The molecule has 4 heteroatoms. The van der Waals surface area contributed by atoms with Crippen LogP contribution in [0.1, 0.15) is 38.5 Å². The second-order valence-corrected chi connectivity index (χ2v) is 5.42. The average Bonchev–Trinajstić information content (AvgIpc) is 2.98. The third-order valence-corrected chi connectivity index (χ3v) is 3.86. The number of carbonyl (C=O) groups excluding carboxylic acids is 1. The predicted molar refractivity (Wildman–Crippen MR) is 68.9 cm³/mol. The summed E-state index contributed by atoms with van der Waals surface area (Å²) < 4.78 is 0. The number of carbonyl (C=O) groups is 1. The van der Waals surface area contributed by atoms with E-state index in [1.165, 1.54) is 38.5 Å². The minimum atomic E-state index is 0.136. The second-order valence-electron chi connectivity index (χ2n) is 5.42. The van der Waals surface area contributed by atoms with Crippen LogP contribution < -0.4 is 10.6 Å². The van der Waals surface area contributed by atoms with E-state index in [2.05, 4.69) is 22.6 Å². The summed E-state index contributed by atoms with van der Waals surface area (Å²) in [5, 5.41) is 6.20. The molecule has 0 spiro atoms. The summed E-state index contributed by atoms with van der Waals surface area (Å²) in [6.45, 7) is 2.23. The molecule has 0 atom stereocenters. The summed E-state index contributed by atoms with van der Waals surface area (Å²) >= 11 is 0. The fourth-order valence-electron chi connectivity index (χ4n) is 2.49. The SMILES string of the molecule is CN(CCNC(=O)CNC1CC1)C1CCCC1. The Morgan fingerprint density at radius 3 is 2.59 bits per heavy atom. The van der Waals surface area contributed by atoms with Crippen molar-refractivity contribution in [2.45, 2.75) is 50.6 Å². The van der Waals surface area contributed by atoms with Crippen molar-refractivity contribution in [2.75, 3.05) is 26.7 Å². The molecule has 0 radical (unpaired) electrons. The number of rotatable bonds is 7. The van der Waals surface area contributed by atoms with Crippen LogP contribution in [0.25, 0.3) is 0 Å². The molecule has 2 N–H and O–H groups in total. The Morgan fingerprint density at radius 1 is 1.24 bits per heavy atom. The van der Waals surface area contributed by atoms with Gasteiger partial charge in [-0.25, -0.2) is 0 Å². The predicted octanol–water partition coefficient (Wildman–Crippen LogP) is 0.729. The number of nitrogens with one attached hydrogen (secondary N) is 2. The molecule has 2 aliphatic rings. The lowest BCUT2D eigenvalue weighted by molar-refractivity contribution is -0.120. The number of amides is 1. The molecule has 0 aliphatic heterocycles. The van der Waals surface area contributed by atoms with Gasteiger partial charge in [0.05, 0.1) is 6.54 Å². The molecule has 0 unspecified atom stereocenters. The maximum absolute atomic E-state index is 11.5. The number of hydrogen-bond donors (Lipinski definition) is 2. The summed E-state index contributed by atoms with van der Waals surface area (Å²) in [5.74, 6) is 0.136. The topological polar surface area (TPSA) is 44.4 Å². The minimum Gasteiger partial charge on any atom is -0.354 e. The standard InChI is InChI=1S/C13H25N3O/c1-16(12-4-2-3-5-12)9-8-14-13(17)10-15-11-6-7-11/h11-12,15H,2-10H2,1H3,(H,14,17). The molecule has 2 aliphatic carbocycles. The van der Waals surface area contributed by atoms with Gasteiger partial charge in [-0.15, -0.1) is 0 Å². The number of nitrogens with zero attached hydrogens (tertiary/aromatic N) is 1. The van der Waals surface area contributed by atoms with E-state index in [1.807, 2.05) is 0 Å². The first-order valence-electron chi connectivity index (χ1n) is 6.96. The zero-order valence-corrected chi connectivity index (χ0v) is 10.9. The summed E-state index contributed by atoms with van der Waals surface area (Å²) in [6.07, 6.45) is 7.86. The van der Waals surface area contributed by atoms with E-state index in [-0.39, 0.29) is 5.91 Å². The highest BCUT2D eigenvalue weighted by molar-refractivity contribution is 5.78. The van der Waals surface area contributed by atoms with Gasteiger partial charge in [-0.05, 0) is 32.7 Å². The van der Waals surface area contributed by atoms with E-state index in [9.17, 15) is 4.79 Å². The minimum absolute atomic E-state index is 0.136. The van der Waals surface area contributed by atoms with E-state index in [0.717, 1.165) is 19.1 Å². The smallest absolute Gasteiger partial charge is 0.234 e. The van der Waals surface area contributed by atoms with Crippen LogP contribution in [0.3, 0.4) is 0 Å². The van der Waals surface area contributed by atoms with Crippen LogP contribution in [0, 0.1) is 0 Å². The molecular formula is C13H25N3O. The first kappa shape index (κ1) is 12.8. The van der Waals surface area contributed by atoms with Gasteiger partial charge in [0.2, 0.25) is 5.91 Å². The van der Waals surface area contributed by atoms with E-state index < -0.39 is 0 Å². The van der Waals surface area contributed by atoms with E-state index in [4.69, 9.17) is 0 Å². The van der Waals surface area contributed by atoms with Crippen molar-refractivity contribution in [1.82, 2.24) is 15.5 Å². The molecule has 2 rings (SSSR count). The third-order valence-electron chi connectivity index (χ3n) is 3.86. The van der Waals surface area contributed by atoms with E-state index in [0.29, 0.717) is 12.6 Å². The summed E-state index contributed by atoms with van der Waals surface area (Å²) in [4.78, 5) is 13.9. The lowest BCUT2D eigenvalue weighted by Crippen LogP contribution is -2.40. The Bertz CT molecular complexity index is 247. The van der Waals surface area contributed by atoms with Crippen molar-refractivity contribution >= 4 is 5.91 Å². The molecule has 1 amide bonds. The maximum atomic E-state index is 11.5. The average molecular weight is 239 g/mol. The van der Waals surface area contributed by atoms with Gasteiger partial charge >= 0.3 is 0 Å². The first-order valence-corrected chi connectivity index (χ1v) is 6.96. The fraction of sp³-hybridized carbons (Fsp3) is 0.923. The molecular weight excluding hydrogens is 214 g/mol. The van der Waals surface area contributed by atoms with Gasteiger partial charge < -0.3 is 15.5 Å². The van der Waals surface area contributed by atoms with Crippen molar-refractivity contribution in [3.63, 3.8) is 0 Å². The van der Waals surface area contributed by atoms with Crippen LogP contribution in [-0.4, -0.2) is 49.6 Å². The van der Waals surface area contributed by atoms with Gasteiger partial charge in [0, 0.05) is 25.2 Å². The zero-order chi connectivity index (χ0) is 12.1. The molecule has 98 valence electrons. The van der Waals surface area contributed by atoms with Crippen molar-refractivity contribution in [1.29, 1.82) is 0 Å². The van der Waals surface area contributed by atoms with E-state index >= 15 is 0 Å². The Morgan fingerprint density at radius 2 is 1.94 bits per heavy atom. The zero-order valence-electron chi connectivity index (χ0n) is 10.9. The molecule has 2 saturated carbocycles. The lowest BCUT2D eigenvalue weighted by atomic mass is 10.2. The molecule has 0 saturated heterocycles. The summed E-state index contributed by atoms with van der Waals surface area (Å²) in [6, 6.07) is 1.36. The Hall–Kier alpha value is -0.610. The lowest BCUT2D eigenvalue weighted by Gasteiger charge is -2.23. The number of hydrogen-bond acceptors (Lipinski definition) is 3. The van der Waals surface area contributed by atoms with Crippen LogP contribution in [0.4, 0.5) is 0 Å². The largest absolute Gasteiger partial charge is 0.354 e. The van der Waals surface area contributed by atoms with E-state index in [1.54, 1.807) is 0 Å². The quantitative estimate of drug-likeness (QED) is 0.688. The van der Waals surface area contributed by atoms with Gasteiger partial charge in [-0.3, -0.25) is 4.79 Å². The maximum Gasteiger partial charge on any atom is 0.234 e. The van der Waals surface area contributed by atoms with Gasteiger partial charge in [0.25, 0.3) is 0 Å². The molecule has 0 bridgehead atoms. The summed E-state index contributed by atoms with van der Waals surface area (Å²) in [7, 11) is 2.17. The normalized spacial score (nSPS) is 21.1. The molecule has 4 nitrogen and oxygen atoms in total. The second kappa shape index (κ2) is 6.36. The molecule has 0 aromatic carbocycles. The Balaban J connectivity index is 1.50. The highest BCUT2D eigenvalue weighted by Crippen LogP contribution is 2.21. The third kappa shape index (κ3) is 4.64. The van der Waals surface area contributed by atoms with Crippen LogP contribution in [0.2, 0.25) is 0 Å². The van der Waals surface area contributed by atoms with Crippen LogP contribution in [0.15, 0.2) is 0 Å². The first-order chi connectivity index (χ1) is 8.25. The fourth-order valence-corrected chi connectivity index (χ4v) is 2.49. The molecule has 0 heterocycles. The molecule has 0 aromatic rings. The van der Waals surface area contributed by atoms with Crippen molar-refractivity contribution < 1.29 is 4.79 Å². The number of likely N-dealkylation sites (N-methyl/N-ethyl adjacent to an activating group) is 1. The van der Waals surface area contributed by atoms with Crippen molar-refractivity contribution in [2.24, 2.45) is 0 Å². The summed E-state index contributed by atoms with van der Waals surface area (Å²) in [5.41, 5.74) is 0. The van der Waals surface area contributed by atoms with Crippen molar-refractivity contribution in [3.05, 3.63) is 0 Å². The Labute approximate surface area is 104 Å². The van der Waals surface area contributed by atoms with Crippen LogP contribution >= 0.6 is 0 Å². The van der Waals surface area contributed by atoms with Gasteiger partial charge in [0.15, 0.2) is 0 Å². The van der Waals surface area contributed by atoms with Gasteiger partial charge in [0.1, 0.15) is 0 Å². The van der Waals surface area contributed by atoms with Crippen molar-refractivity contribution in [3.8, 4) is 0 Å². The highest BCUT2D eigenvalue weighted by atomic mass is 16.1. The van der Waals surface area contributed by atoms with Gasteiger partial charge in [-0.1, -0.05) is 12.8 Å². The molecule has 0 aromatic heterocycles.